The van der Waals surface area contributed by atoms with Gasteiger partial charge >= 0.3 is 0 Å². The summed E-state index contributed by atoms with van der Waals surface area (Å²) in [7, 11) is 0. The molecule has 0 aliphatic heterocycles. The molecule has 2 unspecified atom stereocenters. The van der Waals surface area contributed by atoms with Crippen molar-refractivity contribution in [2.45, 2.75) is 32.2 Å². The molecule has 1 aliphatic rings. The SMILES string of the molecule is CC1(CO)CCCC1Nc1ccc(C#N)cn1. The van der Waals surface area contributed by atoms with Crippen molar-refractivity contribution in [2.75, 3.05) is 11.9 Å². The number of nitrogens with zero attached hydrogens (tertiary/aromatic N) is 2. The molecule has 0 bridgehead atoms. The van der Waals surface area contributed by atoms with Crippen LogP contribution in [0.5, 0.6) is 0 Å². The van der Waals surface area contributed by atoms with Crippen LogP contribution in [0.2, 0.25) is 0 Å². The van der Waals surface area contributed by atoms with Gasteiger partial charge in [-0.05, 0) is 25.0 Å². The van der Waals surface area contributed by atoms with E-state index in [0.29, 0.717) is 5.56 Å². The van der Waals surface area contributed by atoms with Crippen molar-refractivity contribution >= 4 is 5.82 Å². The number of aromatic nitrogens is 1. The van der Waals surface area contributed by atoms with Crippen LogP contribution in [0.3, 0.4) is 0 Å². The molecule has 1 aromatic rings. The number of aliphatic hydroxyl groups excluding tert-OH is 1. The molecule has 2 atom stereocenters. The zero-order valence-electron chi connectivity index (χ0n) is 9.98. The molecule has 1 fully saturated rings. The Morgan fingerprint density at radius 1 is 1.65 bits per heavy atom. The van der Waals surface area contributed by atoms with Gasteiger partial charge in [0, 0.05) is 17.7 Å². The normalized spacial score (nSPS) is 27.7. The van der Waals surface area contributed by atoms with Gasteiger partial charge in [-0.25, -0.2) is 4.98 Å². The van der Waals surface area contributed by atoms with Crippen molar-refractivity contribution in [2.24, 2.45) is 5.41 Å². The van der Waals surface area contributed by atoms with Crippen LogP contribution in [0.4, 0.5) is 5.82 Å². The minimum Gasteiger partial charge on any atom is -0.396 e. The van der Waals surface area contributed by atoms with Crippen LogP contribution in [0.15, 0.2) is 18.3 Å². The van der Waals surface area contributed by atoms with Crippen LogP contribution >= 0.6 is 0 Å². The van der Waals surface area contributed by atoms with E-state index in [2.05, 4.69) is 17.2 Å². The summed E-state index contributed by atoms with van der Waals surface area (Å²) in [6.07, 6.45) is 4.79. The molecule has 4 nitrogen and oxygen atoms in total. The fraction of sp³-hybridized carbons (Fsp3) is 0.538. The lowest BCUT2D eigenvalue weighted by molar-refractivity contribution is 0.139. The topological polar surface area (TPSA) is 68.9 Å². The van der Waals surface area contributed by atoms with Crippen molar-refractivity contribution in [3.05, 3.63) is 23.9 Å². The predicted octanol–water partition coefficient (Wildman–Crippen LogP) is 1.92. The Kier molecular flexibility index (Phi) is 3.30. The molecule has 1 saturated carbocycles. The Hall–Kier alpha value is -1.60. The zero-order chi connectivity index (χ0) is 12.3. The number of nitrogens with one attached hydrogen (secondary N) is 1. The minimum absolute atomic E-state index is 0.0599. The van der Waals surface area contributed by atoms with E-state index in [1.165, 1.54) is 0 Å². The maximum absolute atomic E-state index is 9.45. The Morgan fingerprint density at radius 2 is 2.47 bits per heavy atom. The fourth-order valence-electron chi connectivity index (χ4n) is 2.39. The van der Waals surface area contributed by atoms with E-state index < -0.39 is 0 Å². The molecule has 0 spiro atoms. The number of pyridine rings is 1. The maximum Gasteiger partial charge on any atom is 0.126 e. The lowest BCUT2D eigenvalue weighted by Crippen LogP contribution is -2.36. The summed E-state index contributed by atoms with van der Waals surface area (Å²) in [5.74, 6) is 0.774. The van der Waals surface area contributed by atoms with Crippen molar-refractivity contribution in [1.29, 1.82) is 5.26 Å². The molecule has 1 aliphatic carbocycles. The molecule has 2 N–H and O–H groups in total. The second-order valence-electron chi connectivity index (χ2n) is 4.95. The van der Waals surface area contributed by atoms with Gasteiger partial charge in [0.25, 0.3) is 0 Å². The number of anilines is 1. The second kappa shape index (κ2) is 4.72. The van der Waals surface area contributed by atoms with Crippen molar-refractivity contribution < 1.29 is 5.11 Å². The van der Waals surface area contributed by atoms with E-state index in [1.54, 1.807) is 12.3 Å². The fourth-order valence-corrected chi connectivity index (χ4v) is 2.39. The first-order valence-corrected chi connectivity index (χ1v) is 5.91. The summed E-state index contributed by atoms with van der Waals surface area (Å²) in [4.78, 5) is 4.20. The van der Waals surface area contributed by atoms with Gasteiger partial charge in [0.1, 0.15) is 11.9 Å². The van der Waals surface area contributed by atoms with E-state index in [0.717, 1.165) is 25.1 Å². The van der Waals surface area contributed by atoms with E-state index in [-0.39, 0.29) is 18.1 Å². The van der Waals surface area contributed by atoms with Gasteiger partial charge in [-0.15, -0.1) is 0 Å². The van der Waals surface area contributed by atoms with Crippen LogP contribution in [-0.4, -0.2) is 22.7 Å². The molecule has 1 heterocycles. The van der Waals surface area contributed by atoms with Crippen LogP contribution in [0.1, 0.15) is 31.7 Å². The predicted molar refractivity (Wildman–Crippen MR) is 65.4 cm³/mol. The third-order valence-corrected chi connectivity index (χ3v) is 3.66. The highest BCUT2D eigenvalue weighted by atomic mass is 16.3. The summed E-state index contributed by atoms with van der Waals surface area (Å²) < 4.78 is 0. The number of rotatable bonds is 3. The zero-order valence-corrected chi connectivity index (χ0v) is 9.98. The van der Waals surface area contributed by atoms with Crippen molar-refractivity contribution in [3.63, 3.8) is 0 Å². The number of nitriles is 1. The highest BCUT2D eigenvalue weighted by Crippen LogP contribution is 2.38. The Balaban J connectivity index is 2.08. The summed E-state index contributed by atoms with van der Waals surface area (Å²) in [5.41, 5.74) is 0.502. The third kappa shape index (κ3) is 2.40. The first kappa shape index (κ1) is 11.9. The molecule has 2 rings (SSSR count). The largest absolute Gasteiger partial charge is 0.396 e. The Morgan fingerprint density at radius 3 is 3.06 bits per heavy atom. The Labute approximate surface area is 101 Å². The summed E-state index contributed by atoms with van der Waals surface area (Å²) in [6.45, 7) is 2.29. The third-order valence-electron chi connectivity index (χ3n) is 3.66. The smallest absolute Gasteiger partial charge is 0.126 e. The molecule has 1 aromatic heterocycles. The summed E-state index contributed by atoms with van der Waals surface area (Å²) in [5, 5.41) is 21.5. The van der Waals surface area contributed by atoms with Crippen LogP contribution in [-0.2, 0) is 0 Å². The van der Waals surface area contributed by atoms with E-state index in [4.69, 9.17) is 5.26 Å². The van der Waals surface area contributed by atoms with Crippen LogP contribution < -0.4 is 5.32 Å². The highest BCUT2D eigenvalue weighted by molar-refractivity contribution is 5.40. The standard InChI is InChI=1S/C13H17N3O/c1-13(9-17)6-2-3-11(13)16-12-5-4-10(7-14)8-15-12/h4-5,8,11,17H,2-3,6,9H2,1H3,(H,15,16). The molecular weight excluding hydrogens is 214 g/mol. The number of hydrogen-bond acceptors (Lipinski definition) is 4. The lowest BCUT2D eigenvalue weighted by Gasteiger charge is -2.30. The molecule has 0 aromatic carbocycles. The summed E-state index contributed by atoms with van der Waals surface area (Å²) in [6, 6.07) is 5.87. The lowest BCUT2D eigenvalue weighted by atomic mass is 9.86. The van der Waals surface area contributed by atoms with Gasteiger partial charge in [0.15, 0.2) is 0 Å². The molecule has 17 heavy (non-hydrogen) atoms. The Bertz CT molecular complexity index is 423. The molecular formula is C13H17N3O. The van der Waals surface area contributed by atoms with Crippen molar-refractivity contribution in [3.8, 4) is 6.07 Å². The minimum atomic E-state index is -0.0599. The first-order valence-electron chi connectivity index (χ1n) is 5.91. The molecule has 4 heteroatoms. The molecule has 0 amide bonds. The van der Waals surface area contributed by atoms with Gasteiger partial charge in [0.2, 0.25) is 0 Å². The molecule has 0 saturated heterocycles. The number of aliphatic hydroxyl groups is 1. The van der Waals surface area contributed by atoms with Gasteiger partial charge in [-0.2, -0.15) is 5.26 Å². The quantitative estimate of drug-likeness (QED) is 0.833. The number of hydrogen-bond donors (Lipinski definition) is 2. The van der Waals surface area contributed by atoms with E-state index in [1.807, 2.05) is 12.1 Å². The monoisotopic (exact) mass is 231 g/mol. The van der Waals surface area contributed by atoms with E-state index >= 15 is 0 Å². The molecule has 0 radical (unpaired) electrons. The highest BCUT2D eigenvalue weighted by Gasteiger charge is 2.38. The van der Waals surface area contributed by atoms with Gasteiger partial charge in [-0.3, -0.25) is 0 Å². The van der Waals surface area contributed by atoms with Crippen molar-refractivity contribution in [1.82, 2.24) is 4.98 Å². The summed E-state index contributed by atoms with van der Waals surface area (Å²) >= 11 is 0. The van der Waals surface area contributed by atoms with Gasteiger partial charge in [-0.1, -0.05) is 13.3 Å². The van der Waals surface area contributed by atoms with Crippen LogP contribution in [0, 0.1) is 16.7 Å². The van der Waals surface area contributed by atoms with Crippen LogP contribution in [0.25, 0.3) is 0 Å². The average molecular weight is 231 g/mol. The molecule has 90 valence electrons. The van der Waals surface area contributed by atoms with Gasteiger partial charge in [0.05, 0.1) is 12.2 Å². The first-order chi connectivity index (χ1) is 8.18. The average Bonchev–Trinajstić information content (AvgIpc) is 2.73. The van der Waals surface area contributed by atoms with Gasteiger partial charge < -0.3 is 10.4 Å². The second-order valence-corrected chi connectivity index (χ2v) is 4.95. The maximum atomic E-state index is 9.45. The van der Waals surface area contributed by atoms with E-state index in [9.17, 15) is 5.11 Å².